The van der Waals surface area contributed by atoms with E-state index >= 15 is 0 Å². The molecule has 1 amide bonds. The van der Waals surface area contributed by atoms with Crippen molar-refractivity contribution in [2.24, 2.45) is 5.92 Å². The Kier molecular flexibility index (Phi) is 6.20. The Bertz CT molecular complexity index is 1320. The molecule has 4 aromatic rings. The zero-order valence-electron chi connectivity index (χ0n) is 18.8. The number of nitrogens with zero attached hydrogens (tertiary/aromatic N) is 4. The number of amides is 1. The summed E-state index contributed by atoms with van der Waals surface area (Å²) in [4.78, 5) is 19.8. The molecule has 2 atom stereocenters. The van der Waals surface area contributed by atoms with E-state index in [1.807, 2.05) is 43.5 Å². The molecular weight excluding hydrogens is 453 g/mol. The van der Waals surface area contributed by atoms with Crippen LogP contribution in [-0.4, -0.2) is 33.6 Å². The Labute approximate surface area is 202 Å². The monoisotopic (exact) mass is 477 g/mol. The zero-order valence-corrected chi connectivity index (χ0v) is 19.5. The van der Waals surface area contributed by atoms with Crippen molar-refractivity contribution < 1.29 is 9.18 Å². The van der Waals surface area contributed by atoms with E-state index in [4.69, 9.17) is 16.7 Å². The van der Waals surface area contributed by atoms with Gasteiger partial charge < -0.3 is 10.2 Å². The Morgan fingerprint density at radius 3 is 2.79 bits per heavy atom. The molecule has 1 aliphatic heterocycles. The van der Waals surface area contributed by atoms with Crippen LogP contribution >= 0.6 is 11.6 Å². The molecule has 2 aromatic carbocycles. The fourth-order valence-corrected chi connectivity index (χ4v) is 4.73. The molecule has 1 aliphatic rings. The first kappa shape index (κ1) is 22.3. The quantitative estimate of drug-likeness (QED) is 0.424. The number of piperidine rings is 1. The molecule has 0 unspecified atom stereocenters. The summed E-state index contributed by atoms with van der Waals surface area (Å²) in [7, 11) is 0. The predicted molar refractivity (Wildman–Crippen MR) is 131 cm³/mol. The Morgan fingerprint density at radius 2 is 2.00 bits per heavy atom. The van der Waals surface area contributed by atoms with Gasteiger partial charge in [-0.25, -0.2) is 13.9 Å². The second-order valence-corrected chi connectivity index (χ2v) is 9.06. The Balaban J connectivity index is 1.35. The first-order valence-electron chi connectivity index (χ1n) is 11.4. The summed E-state index contributed by atoms with van der Waals surface area (Å²) in [6, 6.07) is 15.6. The van der Waals surface area contributed by atoms with Gasteiger partial charge in [0.2, 0.25) is 5.91 Å². The van der Waals surface area contributed by atoms with Crippen molar-refractivity contribution in [2.75, 3.05) is 18.0 Å². The molecular formula is C26H25ClFN5O. The predicted octanol–water partition coefficient (Wildman–Crippen LogP) is 5.28. The lowest BCUT2D eigenvalue weighted by molar-refractivity contribution is -0.125. The van der Waals surface area contributed by atoms with E-state index in [1.54, 1.807) is 22.8 Å². The van der Waals surface area contributed by atoms with Crippen LogP contribution in [0.4, 0.5) is 10.2 Å². The van der Waals surface area contributed by atoms with E-state index < -0.39 is 0 Å². The normalized spacial score (nSPS) is 17.0. The minimum atomic E-state index is -0.288. The number of anilines is 1. The van der Waals surface area contributed by atoms with Crippen LogP contribution in [0.2, 0.25) is 5.02 Å². The molecule has 0 bridgehead atoms. The third-order valence-corrected chi connectivity index (χ3v) is 6.67. The highest BCUT2D eigenvalue weighted by Gasteiger charge is 2.28. The molecule has 1 N–H and O–H groups in total. The summed E-state index contributed by atoms with van der Waals surface area (Å²) < 4.78 is 15.0. The SMILES string of the molecule is C[C@H](NC(=O)[C@@H]1CCCN(c2nccn3nc(-c4ccccc4Cl)cc23)C1)c1ccc(F)cc1. The first-order valence-corrected chi connectivity index (χ1v) is 11.8. The number of hydrogen-bond acceptors (Lipinski definition) is 4. The average Bonchev–Trinajstić information content (AvgIpc) is 3.29. The standard InChI is InChI=1S/C26H25ClFN5O/c1-17(18-8-10-20(28)11-9-18)30-26(34)19-5-4-13-32(16-19)25-24-15-23(31-33(24)14-12-29-25)21-6-2-3-7-22(21)27/h2-3,6-12,14-15,17,19H,4-5,13,16H2,1H3,(H,30,34)/t17-,19+/m0/s1. The molecule has 0 aliphatic carbocycles. The summed E-state index contributed by atoms with van der Waals surface area (Å²) in [6.45, 7) is 3.30. The molecule has 6 nitrogen and oxygen atoms in total. The minimum Gasteiger partial charge on any atom is -0.354 e. The van der Waals surface area contributed by atoms with E-state index in [-0.39, 0.29) is 23.7 Å². The van der Waals surface area contributed by atoms with Gasteiger partial charge in [0, 0.05) is 31.0 Å². The minimum absolute atomic E-state index is 0.00117. The van der Waals surface area contributed by atoms with Crippen LogP contribution in [0.3, 0.4) is 0 Å². The smallest absolute Gasteiger partial charge is 0.225 e. The maximum atomic E-state index is 13.2. The number of aromatic nitrogens is 3. The molecule has 0 saturated carbocycles. The average molecular weight is 478 g/mol. The van der Waals surface area contributed by atoms with Gasteiger partial charge >= 0.3 is 0 Å². The first-order chi connectivity index (χ1) is 16.5. The molecule has 1 saturated heterocycles. The maximum Gasteiger partial charge on any atom is 0.225 e. The van der Waals surface area contributed by atoms with Crippen molar-refractivity contribution in [3.63, 3.8) is 0 Å². The Morgan fingerprint density at radius 1 is 1.21 bits per heavy atom. The molecule has 5 rings (SSSR count). The van der Waals surface area contributed by atoms with Crippen LogP contribution in [0.25, 0.3) is 16.8 Å². The Hall–Kier alpha value is -3.45. The number of fused-ring (bicyclic) bond motifs is 1. The van der Waals surface area contributed by atoms with Crippen LogP contribution in [0, 0.1) is 11.7 Å². The van der Waals surface area contributed by atoms with E-state index in [1.165, 1.54) is 12.1 Å². The van der Waals surface area contributed by atoms with Gasteiger partial charge in [0.25, 0.3) is 0 Å². The summed E-state index contributed by atoms with van der Waals surface area (Å²) >= 11 is 6.38. The largest absolute Gasteiger partial charge is 0.354 e. The summed E-state index contributed by atoms with van der Waals surface area (Å²) in [5.74, 6) is 0.352. The van der Waals surface area contributed by atoms with Gasteiger partial charge in [-0.05, 0) is 49.6 Å². The molecule has 1 fully saturated rings. The van der Waals surface area contributed by atoms with Crippen molar-refractivity contribution >= 4 is 28.8 Å². The molecule has 8 heteroatoms. The van der Waals surface area contributed by atoms with Crippen LogP contribution in [-0.2, 0) is 4.79 Å². The second kappa shape index (κ2) is 9.43. The number of halogens is 2. The van der Waals surface area contributed by atoms with Crippen molar-refractivity contribution in [2.45, 2.75) is 25.8 Å². The summed E-state index contributed by atoms with van der Waals surface area (Å²) in [6.07, 6.45) is 5.24. The van der Waals surface area contributed by atoms with Crippen molar-refractivity contribution in [1.82, 2.24) is 19.9 Å². The van der Waals surface area contributed by atoms with Crippen molar-refractivity contribution in [3.8, 4) is 11.3 Å². The van der Waals surface area contributed by atoms with E-state index in [0.29, 0.717) is 11.6 Å². The highest BCUT2D eigenvalue weighted by atomic mass is 35.5. The molecule has 3 heterocycles. The zero-order chi connectivity index (χ0) is 23.7. The number of carbonyl (C=O) groups is 1. The van der Waals surface area contributed by atoms with E-state index in [0.717, 1.165) is 47.5 Å². The van der Waals surface area contributed by atoms with Gasteiger partial charge in [0.05, 0.1) is 22.7 Å². The lowest BCUT2D eigenvalue weighted by atomic mass is 9.96. The molecule has 2 aromatic heterocycles. The molecule has 174 valence electrons. The third kappa shape index (κ3) is 4.48. The fraction of sp³-hybridized carbons (Fsp3) is 0.269. The second-order valence-electron chi connectivity index (χ2n) is 8.66. The van der Waals surface area contributed by atoms with Gasteiger partial charge in [-0.1, -0.05) is 41.9 Å². The van der Waals surface area contributed by atoms with Crippen molar-refractivity contribution in [1.29, 1.82) is 0 Å². The highest BCUT2D eigenvalue weighted by Crippen LogP contribution is 2.31. The van der Waals surface area contributed by atoms with Crippen molar-refractivity contribution in [3.05, 3.63) is 83.4 Å². The van der Waals surface area contributed by atoms with E-state index in [2.05, 4.69) is 15.2 Å². The summed E-state index contributed by atoms with van der Waals surface area (Å²) in [5.41, 5.74) is 3.39. The summed E-state index contributed by atoms with van der Waals surface area (Å²) in [5, 5.41) is 8.42. The number of nitrogens with one attached hydrogen (secondary N) is 1. The van der Waals surface area contributed by atoms with Gasteiger partial charge in [0.1, 0.15) is 11.3 Å². The van der Waals surface area contributed by atoms with Crippen LogP contribution in [0.5, 0.6) is 0 Å². The van der Waals surface area contributed by atoms with Crippen LogP contribution < -0.4 is 10.2 Å². The maximum absolute atomic E-state index is 13.2. The molecule has 0 radical (unpaired) electrons. The van der Waals surface area contributed by atoms with Crippen LogP contribution in [0.15, 0.2) is 67.0 Å². The lowest BCUT2D eigenvalue weighted by Crippen LogP contribution is -2.44. The van der Waals surface area contributed by atoms with E-state index in [9.17, 15) is 9.18 Å². The molecule has 34 heavy (non-hydrogen) atoms. The number of hydrogen-bond donors (Lipinski definition) is 1. The van der Waals surface area contributed by atoms with Gasteiger partial charge in [-0.2, -0.15) is 5.10 Å². The number of benzene rings is 2. The fourth-order valence-electron chi connectivity index (χ4n) is 4.50. The van der Waals surface area contributed by atoms with Crippen LogP contribution in [0.1, 0.15) is 31.4 Å². The number of rotatable bonds is 5. The topological polar surface area (TPSA) is 62.5 Å². The van der Waals surface area contributed by atoms with Gasteiger partial charge in [0.15, 0.2) is 5.82 Å². The lowest BCUT2D eigenvalue weighted by Gasteiger charge is -2.33. The molecule has 0 spiro atoms. The third-order valence-electron chi connectivity index (χ3n) is 6.34. The van der Waals surface area contributed by atoms with Gasteiger partial charge in [-0.3, -0.25) is 4.79 Å². The van der Waals surface area contributed by atoms with Gasteiger partial charge in [-0.15, -0.1) is 0 Å². The highest BCUT2D eigenvalue weighted by molar-refractivity contribution is 6.33. The number of carbonyl (C=O) groups excluding carboxylic acids is 1.